The molecule has 0 heterocycles. The first-order chi connectivity index (χ1) is 15.3. The Bertz CT molecular complexity index is 1050. The van der Waals surface area contributed by atoms with Gasteiger partial charge in [-0.1, -0.05) is 72.8 Å². The van der Waals surface area contributed by atoms with Crippen molar-refractivity contribution in [3.05, 3.63) is 95.6 Å². The summed E-state index contributed by atoms with van der Waals surface area (Å²) in [4.78, 5) is 0. The minimum atomic E-state index is 0.298. The highest BCUT2D eigenvalue weighted by atomic mass is 16.2. The molecule has 0 bridgehead atoms. The number of hydrogen-bond acceptors (Lipinski definition) is 3. The number of aliphatic hydroxyl groups excluding tert-OH is 1. The van der Waals surface area contributed by atoms with Crippen LogP contribution < -0.4 is 10.6 Å². The van der Waals surface area contributed by atoms with Gasteiger partial charge in [-0.05, 0) is 70.1 Å². The van der Waals surface area contributed by atoms with Gasteiger partial charge in [-0.25, -0.2) is 0 Å². The predicted molar refractivity (Wildman–Crippen MR) is 131 cm³/mol. The number of benzene rings is 4. The molecular weight excluding hydrogens is 380 g/mol. The van der Waals surface area contributed by atoms with E-state index in [2.05, 4.69) is 89.5 Å². The second-order valence-corrected chi connectivity index (χ2v) is 8.18. The van der Waals surface area contributed by atoms with Crippen molar-refractivity contribution in [3.8, 4) is 0 Å². The molecule has 0 saturated heterocycles. The molecule has 0 atom stereocenters. The summed E-state index contributed by atoms with van der Waals surface area (Å²) in [5, 5.41) is 21.2. The summed E-state index contributed by atoms with van der Waals surface area (Å²) in [6, 6.07) is 28.5. The zero-order valence-electron chi connectivity index (χ0n) is 18.1. The second-order valence-electron chi connectivity index (χ2n) is 8.18. The molecule has 0 unspecified atom stereocenters. The normalized spacial score (nSPS) is 11.4. The molecule has 31 heavy (non-hydrogen) atoms. The van der Waals surface area contributed by atoms with Crippen molar-refractivity contribution in [2.75, 3.05) is 13.2 Å². The molecule has 0 spiro atoms. The molecule has 4 rings (SSSR count). The Morgan fingerprint density at radius 3 is 1.77 bits per heavy atom. The van der Waals surface area contributed by atoms with Gasteiger partial charge < -0.3 is 15.7 Å². The van der Waals surface area contributed by atoms with E-state index in [1.807, 2.05) is 0 Å². The fourth-order valence-corrected chi connectivity index (χ4v) is 4.18. The van der Waals surface area contributed by atoms with E-state index in [4.69, 9.17) is 5.11 Å². The Morgan fingerprint density at radius 2 is 1.16 bits per heavy atom. The molecule has 3 nitrogen and oxygen atoms in total. The minimum Gasteiger partial charge on any atom is -0.396 e. The van der Waals surface area contributed by atoms with E-state index in [1.165, 1.54) is 38.2 Å². The summed E-state index contributed by atoms with van der Waals surface area (Å²) in [7, 11) is 0. The fourth-order valence-electron chi connectivity index (χ4n) is 4.18. The van der Waals surface area contributed by atoms with Crippen LogP contribution in [0.3, 0.4) is 0 Å². The number of nitrogens with one attached hydrogen (secondary N) is 2. The molecule has 0 aliphatic rings. The van der Waals surface area contributed by atoms with Crippen LogP contribution in [0.5, 0.6) is 0 Å². The Balaban J connectivity index is 1.35. The molecule has 3 heteroatoms. The average Bonchev–Trinajstić information content (AvgIpc) is 2.82. The van der Waals surface area contributed by atoms with Crippen molar-refractivity contribution in [2.24, 2.45) is 0 Å². The van der Waals surface area contributed by atoms with Crippen LogP contribution in [0, 0.1) is 0 Å². The molecule has 0 aliphatic carbocycles. The van der Waals surface area contributed by atoms with Gasteiger partial charge in [0.05, 0.1) is 0 Å². The Morgan fingerprint density at radius 1 is 0.581 bits per heavy atom. The maximum Gasteiger partial charge on any atom is 0.0431 e. The SMILES string of the molecule is OCCCCCNCc1ccc(CNCc2c3ccccc3cc3ccccc23)cc1. The summed E-state index contributed by atoms with van der Waals surface area (Å²) >= 11 is 0. The van der Waals surface area contributed by atoms with Crippen LogP contribution in [0.1, 0.15) is 36.0 Å². The Kier molecular flexibility index (Phi) is 7.67. The van der Waals surface area contributed by atoms with E-state index in [-0.39, 0.29) is 0 Å². The zero-order valence-corrected chi connectivity index (χ0v) is 18.1. The lowest BCUT2D eigenvalue weighted by Crippen LogP contribution is -2.15. The number of fused-ring (bicyclic) bond motifs is 2. The minimum absolute atomic E-state index is 0.298. The molecule has 4 aromatic rings. The van der Waals surface area contributed by atoms with Crippen molar-refractivity contribution in [1.82, 2.24) is 10.6 Å². The van der Waals surface area contributed by atoms with Gasteiger partial charge in [0.2, 0.25) is 0 Å². The number of rotatable bonds is 11. The monoisotopic (exact) mass is 412 g/mol. The second kappa shape index (κ2) is 11.1. The van der Waals surface area contributed by atoms with Crippen molar-refractivity contribution >= 4 is 21.5 Å². The van der Waals surface area contributed by atoms with E-state index in [0.29, 0.717) is 6.61 Å². The topological polar surface area (TPSA) is 44.3 Å². The predicted octanol–water partition coefficient (Wildman–Crippen LogP) is 5.54. The van der Waals surface area contributed by atoms with Crippen LogP contribution in [0.2, 0.25) is 0 Å². The number of aliphatic hydroxyl groups is 1. The van der Waals surface area contributed by atoms with Gasteiger partial charge in [-0.3, -0.25) is 0 Å². The van der Waals surface area contributed by atoms with Crippen LogP contribution in [-0.4, -0.2) is 18.3 Å². The van der Waals surface area contributed by atoms with Gasteiger partial charge in [-0.2, -0.15) is 0 Å². The van der Waals surface area contributed by atoms with Gasteiger partial charge in [-0.15, -0.1) is 0 Å². The van der Waals surface area contributed by atoms with Crippen molar-refractivity contribution in [1.29, 1.82) is 0 Å². The Hall–Kier alpha value is -2.72. The molecule has 0 fully saturated rings. The van der Waals surface area contributed by atoms with Gasteiger partial charge in [0.1, 0.15) is 0 Å². The average molecular weight is 413 g/mol. The van der Waals surface area contributed by atoms with Gasteiger partial charge in [0.15, 0.2) is 0 Å². The molecule has 0 aromatic heterocycles. The smallest absolute Gasteiger partial charge is 0.0431 e. The van der Waals surface area contributed by atoms with Gasteiger partial charge in [0, 0.05) is 26.2 Å². The Labute approximate surface area is 185 Å². The van der Waals surface area contributed by atoms with Gasteiger partial charge >= 0.3 is 0 Å². The molecular formula is C28H32N2O. The number of hydrogen-bond donors (Lipinski definition) is 3. The van der Waals surface area contributed by atoms with E-state index >= 15 is 0 Å². The van der Waals surface area contributed by atoms with E-state index < -0.39 is 0 Å². The molecule has 0 amide bonds. The molecule has 0 aliphatic heterocycles. The maximum atomic E-state index is 8.82. The summed E-state index contributed by atoms with van der Waals surface area (Å²) < 4.78 is 0. The standard InChI is InChI=1S/C28H32N2O/c31-17-7-1-6-16-29-19-22-12-14-23(15-13-22)20-30-21-28-26-10-4-2-8-24(26)18-25-9-3-5-11-27(25)28/h2-5,8-15,18,29-31H,1,6-7,16-17,19-21H2. The summed E-state index contributed by atoms with van der Waals surface area (Å²) in [6.07, 6.45) is 3.10. The zero-order chi connectivity index (χ0) is 21.3. The summed E-state index contributed by atoms with van der Waals surface area (Å²) in [5.41, 5.74) is 3.98. The summed E-state index contributed by atoms with van der Waals surface area (Å²) in [6.45, 7) is 3.90. The van der Waals surface area contributed by atoms with E-state index in [0.717, 1.165) is 45.4 Å². The van der Waals surface area contributed by atoms with E-state index in [1.54, 1.807) is 0 Å². The van der Waals surface area contributed by atoms with Crippen LogP contribution in [0.25, 0.3) is 21.5 Å². The highest BCUT2D eigenvalue weighted by molar-refractivity contribution is 6.02. The summed E-state index contributed by atoms with van der Waals surface area (Å²) in [5.74, 6) is 0. The number of unbranched alkanes of at least 4 members (excludes halogenated alkanes) is 2. The van der Waals surface area contributed by atoms with Gasteiger partial charge in [0.25, 0.3) is 0 Å². The quantitative estimate of drug-likeness (QED) is 0.224. The third-order valence-electron chi connectivity index (χ3n) is 5.88. The lowest BCUT2D eigenvalue weighted by atomic mass is 9.96. The largest absolute Gasteiger partial charge is 0.396 e. The van der Waals surface area contributed by atoms with Crippen LogP contribution in [0.15, 0.2) is 78.9 Å². The van der Waals surface area contributed by atoms with Crippen LogP contribution in [0.4, 0.5) is 0 Å². The highest BCUT2D eigenvalue weighted by Gasteiger charge is 2.07. The van der Waals surface area contributed by atoms with Crippen LogP contribution in [-0.2, 0) is 19.6 Å². The third-order valence-corrected chi connectivity index (χ3v) is 5.88. The van der Waals surface area contributed by atoms with Crippen molar-refractivity contribution in [2.45, 2.75) is 38.9 Å². The lowest BCUT2D eigenvalue weighted by Gasteiger charge is -2.13. The molecule has 0 radical (unpaired) electrons. The molecule has 3 N–H and O–H groups in total. The highest BCUT2D eigenvalue weighted by Crippen LogP contribution is 2.28. The molecule has 160 valence electrons. The molecule has 0 saturated carbocycles. The fraction of sp³-hybridized carbons (Fsp3) is 0.286. The lowest BCUT2D eigenvalue weighted by molar-refractivity contribution is 0.283. The van der Waals surface area contributed by atoms with Crippen molar-refractivity contribution in [3.63, 3.8) is 0 Å². The maximum absolute atomic E-state index is 8.82. The first-order valence-corrected chi connectivity index (χ1v) is 11.3. The first kappa shape index (κ1) is 21.5. The third kappa shape index (κ3) is 5.71. The van der Waals surface area contributed by atoms with Crippen molar-refractivity contribution < 1.29 is 5.11 Å². The first-order valence-electron chi connectivity index (χ1n) is 11.3. The van der Waals surface area contributed by atoms with E-state index in [9.17, 15) is 0 Å². The van der Waals surface area contributed by atoms with Crippen LogP contribution >= 0.6 is 0 Å². The molecule has 4 aromatic carbocycles.